The highest BCUT2D eigenvalue weighted by atomic mass is 19.4. The summed E-state index contributed by atoms with van der Waals surface area (Å²) in [5.74, 6) is -0.711. The Morgan fingerprint density at radius 2 is 1.94 bits per heavy atom. The van der Waals surface area contributed by atoms with Gasteiger partial charge in [-0.3, -0.25) is 10.1 Å². The molecule has 2 rings (SSSR count). The monoisotopic (exact) mass is 247 g/mol. The predicted molar refractivity (Wildman–Crippen MR) is 47.4 cm³/mol. The molecule has 1 aliphatic heterocycles. The largest absolute Gasteiger partial charge is 0.502 e. The van der Waals surface area contributed by atoms with E-state index in [-0.39, 0.29) is 0 Å². The summed E-state index contributed by atoms with van der Waals surface area (Å²) in [4.78, 5) is 9.49. The van der Waals surface area contributed by atoms with Crippen molar-refractivity contribution in [2.75, 3.05) is 0 Å². The lowest BCUT2D eigenvalue weighted by molar-refractivity contribution is -0.386. The van der Waals surface area contributed by atoms with Crippen molar-refractivity contribution in [2.45, 2.75) is 11.8 Å². The zero-order valence-corrected chi connectivity index (χ0v) is 7.97. The van der Waals surface area contributed by atoms with E-state index in [0.29, 0.717) is 6.07 Å². The zero-order valence-electron chi connectivity index (χ0n) is 7.97. The Labute approximate surface area is 91.5 Å². The predicted octanol–water partition coefficient (Wildman–Crippen LogP) is 2.48. The lowest BCUT2D eigenvalue weighted by atomic mass is 10.0. The fourth-order valence-electron chi connectivity index (χ4n) is 1.33. The van der Waals surface area contributed by atoms with Crippen molar-refractivity contribution in [1.82, 2.24) is 0 Å². The van der Waals surface area contributed by atoms with Gasteiger partial charge in [-0.05, 0) is 12.1 Å². The molecule has 6 nitrogen and oxygen atoms in total. The summed E-state index contributed by atoms with van der Waals surface area (Å²) in [5.41, 5.74) is -4.02. The molecule has 1 N–H and O–H groups in total. The summed E-state index contributed by atoms with van der Waals surface area (Å²) in [6.45, 7) is 0. The highest BCUT2D eigenvalue weighted by molar-refractivity contribution is 5.50. The van der Waals surface area contributed by atoms with Crippen molar-refractivity contribution in [2.24, 2.45) is 10.2 Å². The first-order valence-corrected chi connectivity index (χ1v) is 4.26. The molecule has 17 heavy (non-hydrogen) atoms. The first-order valence-electron chi connectivity index (χ1n) is 4.26. The molecule has 1 aromatic carbocycles. The Morgan fingerprint density at radius 3 is 2.35 bits per heavy atom. The average Bonchev–Trinajstić information content (AvgIpc) is 2.97. The van der Waals surface area contributed by atoms with E-state index >= 15 is 0 Å². The van der Waals surface area contributed by atoms with Crippen LogP contribution >= 0.6 is 0 Å². The second-order valence-electron chi connectivity index (χ2n) is 3.33. The highest BCUT2D eigenvalue weighted by Crippen LogP contribution is 2.53. The van der Waals surface area contributed by atoms with Gasteiger partial charge in [0, 0.05) is 11.6 Å². The van der Waals surface area contributed by atoms with E-state index < -0.39 is 33.8 Å². The third-order valence-electron chi connectivity index (χ3n) is 2.27. The Bertz CT molecular complexity index is 520. The molecule has 0 radical (unpaired) electrons. The smallest absolute Gasteiger partial charge is 0.442 e. The number of nitro benzene ring substituents is 1. The number of alkyl halides is 3. The van der Waals surface area contributed by atoms with Gasteiger partial charge in [0.25, 0.3) is 0 Å². The molecule has 0 aromatic heterocycles. The van der Waals surface area contributed by atoms with Crippen LogP contribution in [-0.2, 0) is 5.66 Å². The number of aromatic hydroxyl groups is 1. The maximum atomic E-state index is 12.6. The topological polar surface area (TPSA) is 88.1 Å². The number of halogens is 3. The van der Waals surface area contributed by atoms with Crippen LogP contribution in [-0.4, -0.2) is 16.2 Å². The Morgan fingerprint density at radius 1 is 1.35 bits per heavy atom. The summed E-state index contributed by atoms with van der Waals surface area (Å²) < 4.78 is 37.8. The summed E-state index contributed by atoms with van der Waals surface area (Å²) in [5, 5.41) is 25.4. The summed E-state index contributed by atoms with van der Waals surface area (Å²) in [6, 6.07) is 2.32. The summed E-state index contributed by atoms with van der Waals surface area (Å²) in [7, 11) is 0. The number of hydrogen-bond acceptors (Lipinski definition) is 5. The van der Waals surface area contributed by atoms with Crippen LogP contribution in [0.2, 0.25) is 0 Å². The third-order valence-corrected chi connectivity index (χ3v) is 2.27. The molecule has 0 atom stereocenters. The minimum absolute atomic E-state index is 0.491. The van der Waals surface area contributed by atoms with Crippen molar-refractivity contribution in [3.63, 3.8) is 0 Å². The summed E-state index contributed by atoms with van der Waals surface area (Å²) >= 11 is 0. The molecule has 1 aliphatic rings. The molecule has 1 heterocycles. The van der Waals surface area contributed by atoms with Crippen LogP contribution < -0.4 is 0 Å². The molecule has 0 unspecified atom stereocenters. The molecular formula is C8H4F3N3O3. The van der Waals surface area contributed by atoms with E-state index in [2.05, 4.69) is 10.2 Å². The standard InChI is InChI=1S/C8H4F3N3O3/c9-8(10,11)7(12-13-7)4-1-2-6(15)5(3-4)14(16)17/h1-3,15H. The molecule has 0 fully saturated rings. The Hall–Kier alpha value is -2.19. The normalized spacial score (nSPS) is 16.9. The van der Waals surface area contributed by atoms with Gasteiger partial charge in [-0.25, -0.2) is 0 Å². The van der Waals surface area contributed by atoms with E-state index in [1.807, 2.05) is 0 Å². The van der Waals surface area contributed by atoms with Gasteiger partial charge in [-0.2, -0.15) is 13.2 Å². The molecule has 90 valence electrons. The van der Waals surface area contributed by atoms with Crippen LogP contribution in [0.3, 0.4) is 0 Å². The maximum Gasteiger partial charge on any atom is 0.442 e. The lowest BCUT2D eigenvalue weighted by Gasteiger charge is -2.14. The number of benzene rings is 1. The number of hydrogen-bond donors (Lipinski definition) is 1. The molecule has 0 spiro atoms. The molecule has 9 heteroatoms. The van der Waals surface area contributed by atoms with E-state index in [4.69, 9.17) is 5.11 Å². The van der Waals surface area contributed by atoms with Crippen LogP contribution in [0.25, 0.3) is 0 Å². The Balaban J connectivity index is 2.49. The minimum atomic E-state index is -4.75. The first-order chi connectivity index (χ1) is 7.78. The highest BCUT2D eigenvalue weighted by Gasteiger charge is 2.65. The van der Waals surface area contributed by atoms with Gasteiger partial charge in [-0.1, -0.05) is 0 Å². The number of nitrogens with zero attached hydrogens (tertiary/aromatic N) is 3. The molecule has 0 amide bonds. The van der Waals surface area contributed by atoms with E-state index in [1.54, 1.807) is 0 Å². The fourth-order valence-corrected chi connectivity index (χ4v) is 1.33. The third kappa shape index (κ3) is 1.59. The van der Waals surface area contributed by atoms with Crippen molar-refractivity contribution in [3.8, 4) is 5.75 Å². The van der Waals surface area contributed by atoms with Gasteiger partial charge in [0.2, 0.25) is 0 Å². The molecular weight excluding hydrogens is 243 g/mol. The van der Waals surface area contributed by atoms with Gasteiger partial charge in [-0.15, -0.1) is 10.2 Å². The van der Waals surface area contributed by atoms with Crippen molar-refractivity contribution in [3.05, 3.63) is 33.9 Å². The van der Waals surface area contributed by atoms with Gasteiger partial charge < -0.3 is 5.11 Å². The maximum absolute atomic E-state index is 12.6. The molecule has 1 aromatic rings. The van der Waals surface area contributed by atoms with Crippen LogP contribution in [0.1, 0.15) is 5.56 Å². The number of phenolic OH excluding ortho intramolecular Hbond substituents is 1. The molecule has 0 saturated heterocycles. The van der Waals surface area contributed by atoms with Gasteiger partial charge >= 0.3 is 17.5 Å². The molecule has 0 aliphatic carbocycles. The van der Waals surface area contributed by atoms with Crippen LogP contribution in [0.4, 0.5) is 18.9 Å². The van der Waals surface area contributed by atoms with E-state index in [9.17, 15) is 23.3 Å². The zero-order chi connectivity index (χ0) is 12.8. The lowest BCUT2D eigenvalue weighted by Crippen LogP contribution is -2.30. The van der Waals surface area contributed by atoms with Crippen LogP contribution in [0.15, 0.2) is 28.4 Å². The fraction of sp³-hybridized carbons (Fsp3) is 0.250. The Kier molecular flexibility index (Phi) is 2.10. The first kappa shape index (κ1) is 11.3. The van der Waals surface area contributed by atoms with Crippen molar-refractivity contribution in [1.29, 1.82) is 0 Å². The van der Waals surface area contributed by atoms with Crippen molar-refractivity contribution >= 4 is 5.69 Å². The van der Waals surface area contributed by atoms with Gasteiger partial charge in [0.15, 0.2) is 5.75 Å². The second-order valence-corrected chi connectivity index (χ2v) is 3.33. The van der Waals surface area contributed by atoms with Crippen molar-refractivity contribution < 1.29 is 23.2 Å². The summed E-state index contributed by atoms with van der Waals surface area (Å²) in [6.07, 6.45) is -4.75. The molecule has 0 bridgehead atoms. The van der Waals surface area contributed by atoms with E-state index in [0.717, 1.165) is 12.1 Å². The van der Waals surface area contributed by atoms with Crippen LogP contribution in [0, 0.1) is 10.1 Å². The number of nitro groups is 1. The number of rotatable bonds is 2. The average molecular weight is 247 g/mol. The molecule has 0 saturated carbocycles. The minimum Gasteiger partial charge on any atom is -0.502 e. The SMILES string of the molecule is O=[N+]([O-])c1cc(C2(C(F)(F)F)N=N2)ccc1O. The van der Waals surface area contributed by atoms with Crippen LogP contribution in [0.5, 0.6) is 5.75 Å². The second kappa shape index (κ2) is 3.15. The quantitative estimate of drug-likeness (QED) is 0.643. The van der Waals surface area contributed by atoms with Gasteiger partial charge in [0.05, 0.1) is 4.92 Å². The van der Waals surface area contributed by atoms with E-state index in [1.165, 1.54) is 0 Å². The number of phenols is 1. The van der Waals surface area contributed by atoms with Gasteiger partial charge in [0.1, 0.15) is 0 Å².